The third-order valence-corrected chi connectivity index (χ3v) is 4.66. The molecule has 0 spiro atoms. The minimum Gasteiger partial charge on any atom is -0.444 e. The van der Waals surface area contributed by atoms with Crippen molar-refractivity contribution in [3.8, 4) is 0 Å². The summed E-state index contributed by atoms with van der Waals surface area (Å²) in [6.45, 7) is 5.98. The number of halogens is 2. The van der Waals surface area contributed by atoms with Crippen molar-refractivity contribution in [2.24, 2.45) is 0 Å². The molecule has 3 nitrogen and oxygen atoms in total. The molecule has 1 aliphatic heterocycles. The molecule has 1 aliphatic rings. The Morgan fingerprint density at radius 1 is 1.20 bits per heavy atom. The van der Waals surface area contributed by atoms with Gasteiger partial charge in [0.1, 0.15) is 11.4 Å². The Bertz CT molecular complexity index is 801. The number of rotatable bonds is 1. The quantitative estimate of drug-likeness (QED) is 0.629. The number of nitrogens with zero attached hydrogens (tertiary/aromatic N) is 1. The van der Waals surface area contributed by atoms with Gasteiger partial charge in [-0.05, 0) is 56.5 Å². The molecule has 0 radical (unpaired) electrons. The fourth-order valence-corrected chi connectivity index (χ4v) is 3.51. The van der Waals surface area contributed by atoms with E-state index in [0.29, 0.717) is 18.5 Å². The lowest BCUT2D eigenvalue weighted by atomic mass is 9.88. The van der Waals surface area contributed by atoms with E-state index in [-0.39, 0.29) is 5.82 Å². The number of carbonyl (C=O) groups is 1. The maximum atomic E-state index is 14.6. The van der Waals surface area contributed by atoms with Gasteiger partial charge in [0.15, 0.2) is 0 Å². The Labute approximate surface area is 155 Å². The van der Waals surface area contributed by atoms with Gasteiger partial charge in [-0.15, -0.1) is 0 Å². The predicted molar refractivity (Wildman–Crippen MR) is 99.0 cm³/mol. The van der Waals surface area contributed by atoms with Crippen molar-refractivity contribution in [1.29, 1.82) is 0 Å². The van der Waals surface area contributed by atoms with Crippen LogP contribution in [0.1, 0.15) is 43.5 Å². The summed E-state index contributed by atoms with van der Waals surface area (Å²) in [5.74, 6) is -0.325. The van der Waals surface area contributed by atoms with Crippen LogP contribution in [0.5, 0.6) is 0 Å². The molecule has 0 aromatic heterocycles. The second kappa shape index (κ2) is 6.79. The lowest BCUT2D eigenvalue weighted by Gasteiger charge is -2.38. The van der Waals surface area contributed by atoms with Crippen molar-refractivity contribution in [2.45, 2.75) is 38.8 Å². The van der Waals surface area contributed by atoms with Gasteiger partial charge in [0, 0.05) is 16.6 Å². The standard InChI is InChI=1S/C20H21BrFNO2/c1-20(2,3)25-19(24)23-11-10-13-8-9-14(21)12-16(13)18(23)15-6-4-5-7-17(15)22/h4-9,12,18H,10-11H2,1-3H3. The Hall–Kier alpha value is -1.88. The molecule has 1 amide bonds. The molecule has 0 N–H and O–H groups in total. The van der Waals surface area contributed by atoms with E-state index >= 15 is 0 Å². The average molecular weight is 406 g/mol. The molecule has 0 aliphatic carbocycles. The molecule has 2 aromatic rings. The van der Waals surface area contributed by atoms with Gasteiger partial charge in [-0.3, -0.25) is 4.90 Å². The number of fused-ring (bicyclic) bond motifs is 1. The van der Waals surface area contributed by atoms with Crippen molar-refractivity contribution in [2.75, 3.05) is 6.54 Å². The Kier molecular flexibility index (Phi) is 4.87. The van der Waals surface area contributed by atoms with Crippen molar-refractivity contribution in [3.63, 3.8) is 0 Å². The van der Waals surface area contributed by atoms with Crippen LogP contribution in [0.4, 0.5) is 9.18 Å². The van der Waals surface area contributed by atoms with Crippen LogP contribution in [0.25, 0.3) is 0 Å². The fourth-order valence-electron chi connectivity index (χ4n) is 3.14. The lowest BCUT2D eigenvalue weighted by Crippen LogP contribution is -2.43. The molecule has 132 valence electrons. The summed E-state index contributed by atoms with van der Waals surface area (Å²) in [6, 6.07) is 12.1. The zero-order valence-electron chi connectivity index (χ0n) is 14.6. The third-order valence-electron chi connectivity index (χ3n) is 4.16. The van der Waals surface area contributed by atoms with Gasteiger partial charge in [0.05, 0.1) is 6.04 Å². The largest absolute Gasteiger partial charge is 0.444 e. The number of benzene rings is 2. The van der Waals surface area contributed by atoms with Crippen molar-refractivity contribution in [1.82, 2.24) is 4.90 Å². The molecular formula is C20H21BrFNO2. The minimum atomic E-state index is -0.603. The summed E-state index contributed by atoms with van der Waals surface area (Å²) in [5.41, 5.74) is 1.93. The Morgan fingerprint density at radius 2 is 1.92 bits per heavy atom. The lowest BCUT2D eigenvalue weighted by molar-refractivity contribution is 0.0175. The minimum absolute atomic E-state index is 0.325. The van der Waals surface area contributed by atoms with Crippen LogP contribution in [-0.4, -0.2) is 23.1 Å². The summed E-state index contributed by atoms with van der Waals surface area (Å²) >= 11 is 3.49. The van der Waals surface area contributed by atoms with Crippen LogP contribution >= 0.6 is 15.9 Å². The molecule has 1 heterocycles. The van der Waals surface area contributed by atoms with E-state index in [1.807, 2.05) is 39.0 Å². The zero-order chi connectivity index (χ0) is 18.2. The normalized spacial score (nSPS) is 17.2. The van der Waals surface area contributed by atoms with E-state index in [2.05, 4.69) is 15.9 Å². The van der Waals surface area contributed by atoms with Crippen LogP contribution in [0, 0.1) is 5.82 Å². The summed E-state index contributed by atoms with van der Waals surface area (Å²) in [4.78, 5) is 14.4. The van der Waals surface area contributed by atoms with Gasteiger partial charge < -0.3 is 4.74 Å². The number of amides is 1. The van der Waals surface area contributed by atoms with Crippen LogP contribution < -0.4 is 0 Å². The highest BCUT2D eigenvalue weighted by Crippen LogP contribution is 2.38. The third kappa shape index (κ3) is 3.87. The molecule has 1 unspecified atom stereocenters. The second-order valence-corrected chi connectivity index (χ2v) is 8.11. The van der Waals surface area contributed by atoms with Crippen molar-refractivity contribution >= 4 is 22.0 Å². The van der Waals surface area contributed by atoms with Crippen LogP contribution in [0.2, 0.25) is 0 Å². The number of carbonyl (C=O) groups excluding carboxylic acids is 1. The van der Waals surface area contributed by atoms with Gasteiger partial charge in [-0.25, -0.2) is 9.18 Å². The molecular weight excluding hydrogens is 385 g/mol. The summed E-state index contributed by atoms with van der Waals surface area (Å²) in [6.07, 6.45) is 0.290. The van der Waals surface area contributed by atoms with Crippen LogP contribution in [-0.2, 0) is 11.2 Å². The van der Waals surface area contributed by atoms with E-state index in [1.165, 1.54) is 6.07 Å². The first kappa shape index (κ1) is 17.9. The number of hydrogen-bond acceptors (Lipinski definition) is 2. The highest BCUT2D eigenvalue weighted by molar-refractivity contribution is 9.10. The monoisotopic (exact) mass is 405 g/mol. The zero-order valence-corrected chi connectivity index (χ0v) is 16.1. The SMILES string of the molecule is CC(C)(C)OC(=O)N1CCc2ccc(Br)cc2C1c1ccccc1F. The Balaban J connectivity index is 2.10. The second-order valence-electron chi connectivity index (χ2n) is 7.19. The molecule has 0 saturated heterocycles. The van der Waals surface area contributed by atoms with Gasteiger partial charge in [0.25, 0.3) is 0 Å². The smallest absolute Gasteiger partial charge is 0.411 e. The van der Waals surface area contributed by atoms with E-state index in [4.69, 9.17) is 4.74 Å². The van der Waals surface area contributed by atoms with Crippen molar-refractivity contribution < 1.29 is 13.9 Å². The highest BCUT2D eigenvalue weighted by Gasteiger charge is 2.36. The Morgan fingerprint density at radius 3 is 2.60 bits per heavy atom. The maximum absolute atomic E-state index is 14.6. The molecule has 0 bridgehead atoms. The van der Waals surface area contributed by atoms with Gasteiger partial charge in [-0.1, -0.05) is 40.2 Å². The fraction of sp³-hybridized carbons (Fsp3) is 0.350. The molecule has 2 aromatic carbocycles. The van der Waals surface area contributed by atoms with Gasteiger partial charge >= 0.3 is 6.09 Å². The van der Waals surface area contributed by atoms with Crippen LogP contribution in [0.3, 0.4) is 0 Å². The first-order valence-corrected chi connectivity index (χ1v) is 9.08. The van der Waals surface area contributed by atoms with E-state index in [0.717, 1.165) is 15.6 Å². The van der Waals surface area contributed by atoms with E-state index in [9.17, 15) is 9.18 Å². The summed E-state index contributed by atoms with van der Waals surface area (Å²) in [5, 5.41) is 0. The van der Waals surface area contributed by atoms with E-state index in [1.54, 1.807) is 23.1 Å². The highest BCUT2D eigenvalue weighted by atomic mass is 79.9. The molecule has 0 fully saturated rings. The molecule has 5 heteroatoms. The molecule has 25 heavy (non-hydrogen) atoms. The van der Waals surface area contributed by atoms with Gasteiger partial charge in [-0.2, -0.15) is 0 Å². The first-order chi connectivity index (χ1) is 11.8. The number of hydrogen-bond donors (Lipinski definition) is 0. The van der Waals surface area contributed by atoms with Crippen molar-refractivity contribution in [3.05, 3.63) is 69.4 Å². The van der Waals surface area contributed by atoms with Gasteiger partial charge in [0.2, 0.25) is 0 Å². The molecule has 1 atom stereocenters. The van der Waals surface area contributed by atoms with Crippen LogP contribution in [0.15, 0.2) is 46.9 Å². The maximum Gasteiger partial charge on any atom is 0.411 e. The number of ether oxygens (including phenoxy) is 1. The first-order valence-electron chi connectivity index (χ1n) is 8.28. The molecule has 0 saturated carbocycles. The van der Waals surface area contributed by atoms with E-state index < -0.39 is 17.7 Å². The summed E-state index contributed by atoms with van der Waals surface area (Å²) in [7, 11) is 0. The molecule has 3 rings (SSSR count). The average Bonchev–Trinajstić information content (AvgIpc) is 2.53. The topological polar surface area (TPSA) is 29.5 Å². The summed E-state index contributed by atoms with van der Waals surface area (Å²) < 4.78 is 21.0. The predicted octanol–water partition coefficient (Wildman–Crippen LogP) is 5.47.